The van der Waals surface area contributed by atoms with Gasteiger partial charge >= 0.3 is 0 Å². The van der Waals surface area contributed by atoms with Crippen LogP contribution in [0, 0.1) is 5.92 Å². The Bertz CT molecular complexity index is 1030. The van der Waals surface area contributed by atoms with Gasteiger partial charge in [-0.05, 0) is 49.4 Å². The summed E-state index contributed by atoms with van der Waals surface area (Å²) in [6.07, 6.45) is 4.41. The summed E-state index contributed by atoms with van der Waals surface area (Å²) in [7, 11) is -2.90. The van der Waals surface area contributed by atoms with Crippen LogP contribution in [0.2, 0.25) is 18.6 Å². The van der Waals surface area contributed by atoms with Crippen molar-refractivity contribution in [1.82, 2.24) is 15.0 Å². The van der Waals surface area contributed by atoms with Crippen molar-refractivity contribution in [2.45, 2.75) is 69.5 Å². The van der Waals surface area contributed by atoms with Crippen molar-refractivity contribution in [2.75, 3.05) is 6.61 Å². The van der Waals surface area contributed by atoms with Gasteiger partial charge in [0.05, 0.1) is 30.4 Å². The van der Waals surface area contributed by atoms with Crippen LogP contribution >= 0.6 is 0 Å². The number of aromatic nitrogens is 3. The fourth-order valence-electron chi connectivity index (χ4n) is 5.50. The summed E-state index contributed by atoms with van der Waals surface area (Å²) in [6.45, 7) is 6.36. The van der Waals surface area contributed by atoms with E-state index < -0.39 is 8.41 Å². The van der Waals surface area contributed by atoms with Crippen molar-refractivity contribution in [3.8, 4) is 0 Å². The number of hydrogen-bond donors (Lipinski definition) is 1. The second-order valence-electron chi connectivity index (χ2n) is 10.0. The molecule has 0 amide bonds. The average molecular weight is 482 g/mol. The third kappa shape index (κ3) is 5.82. The lowest BCUT2D eigenvalue weighted by molar-refractivity contribution is 0.0247. The van der Waals surface area contributed by atoms with Crippen molar-refractivity contribution in [3.63, 3.8) is 0 Å². The van der Waals surface area contributed by atoms with E-state index in [1.807, 2.05) is 55.7 Å². The van der Waals surface area contributed by atoms with Crippen molar-refractivity contribution in [1.29, 1.82) is 0 Å². The summed E-state index contributed by atoms with van der Waals surface area (Å²) >= 11 is 0. The Morgan fingerprint density at radius 2 is 1.71 bits per heavy atom. The number of ether oxygens (including phenoxy) is 1. The van der Waals surface area contributed by atoms with Crippen LogP contribution in [-0.4, -0.2) is 47.3 Å². The lowest BCUT2D eigenvalue weighted by atomic mass is 9.95. The highest BCUT2D eigenvalue weighted by molar-refractivity contribution is 6.72. The molecule has 7 heteroatoms. The fraction of sp³-hybridized carbons (Fsp3) is 0.481. The molecule has 5 nitrogen and oxygen atoms in total. The molecule has 5 atom stereocenters. The molecule has 0 aliphatic carbocycles. The van der Waals surface area contributed by atoms with Crippen molar-refractivity contribution < 1.29 is 14.0 Å². The summed E-state index contributed by atoms with van der Waals surface area (Å²) in [4.78, 5) is 0. The minimum absolute atomic E-state index is 0.0290. The highest BCUT2D eigenvalue weighted by Crippen LogP contribution is 2.47. The van der Waals surface area contributed by atoms with Crippen molar-refractivity contribution in [2.24, 2.45) is 5.92 Å². The predicted octanol–water partition coefficient (Wildman–Crippen LogP) is 5.37. The Balaban J connectivity index is 1.41. The molecule has 1 aliphatic rings. The predicted molar refractivity (Wildman–Crippen MR) is 135 cm³/mol. The van der Waals surface area contributed by atoms with E-state index in [0.717, 1.165) is 24.1 Å². The highest BCUT2D eigenvalue weighted by Gasteiger charge is 2.50. The number of benzene rings is 2. The van der Waals surface area contributed by atoms with E-state index in [1.165, 1.54) is 5.56 Å². The number of aryl methyl sites for hydroxylation is 2. The molecule has 34 heavy (non-hydrogen) atoms. The number of aliphatic hydroxyl groups is 1. The van der Waals surface area contributed by atoms with Crippen LogP contribution in [0.3, 0.4) is 0 Å². The molecular formula is C27H36FN3O2Si. The lowest BCUT2D eigenvalue weighted by Gasteiger charge is -2.28. The van der Waals surface area contributed by atoms with Crippen LogP contribution in [0.15, 0.2) is 66.9 Å². The summed E-state index contributed by atoms with van der Waals surface area (Å²) in [5.74, 6) is -0.00598. The third-order valence-corrected chi connectivity index (χ3v) is 9.68. The molecule has 2 heterocycles. The first-order valence-corrected chi connectivity index (χ1v) is 15.3. The number of aliphatic hydroxyl groups excluding tert-OH is 1. The summed E-state index contributed by atoms with van der Waals surface area (Å²) in [5.41, 5.74) is 3.01. The van der Waals surface area contributed by atoms with Gasteiger partial charge in [0, 0.05) is 18.3 Å². The van der Waals surface area contributed by atoms with Gasteiger partial charge in [0.1, 0.15) is 0 Å². The molecule has 3 aromatic rings. The van der Waals surface area contributed by atoms with E-state index in [9.17, 15) is 5.11 Å². The maximum absolute atomic E-state index is 15.4. The summed E-state index contributed by atoms with van der Waals surface area (Å²) < 4.78 is 23.7. The molecule has 1 aliphatic heterocycles. The van der Waals surface area contributed by atoms with E-state index in [2.05, 4.69) is 41.5 Å². The molecule has 1 fully saturated rings. The van der Waals surface area contributed by atoms with E-state index in [0.29, 0.717) is 13.0 Å². The van der Waals surface area contributed by atoms with Gasteiger partial charge in [-0.3, -0.25) is 4.68 Å². The van der Waals surface area contributed by atoms with Crippen molar-refractivity contribution in [3.05, 3.63) is 83.7 Å². The quantitative estimate of drug-likeness (QED) is 0.312. The maximum atomic E-state index is 15.4. The Morgan fingerprint density at radius 1 is 1.03 bits per heavy atom. The van der Waals surface area contributed by atoms with Gasteiger partial charge < -0.3 is 14.0 Å². The number of halogens is 1. The zero-order chi connectivity index (χ0) is 24.1. The molecule has 1 saturated heterocycles. The second-order valence-corrected chi connectivity index (χ2v) is 13.8. The van der Waals surface area contributed by atoms with Crippen molar-refractivity contribution >= 4 is 8.41 Å². The van der Waals surface area contributed by atoms with Gasteiger partial charge in [0.15, 0.2) is 0 Å². The van der Waals surface area contributed by atoms with E-state index in [4.69, 9.17) is 4.74 Å². The lowest BCUT2D eigenvalue weighted by Crippen LogP contribution is -2.36. The molecular weight excluding hydrogens is 445 g/mol. The molecule has 1 unspecified atom stereocenters. The Kier molecular flexibility index (Phi) is 7.96. The van der Waals surface area contributed by atoms with Gasteiger partial charge in [-0.25, -0.2) is 0 Å². The first-order valence-electron chi connectivity index (χ1n) is 12.3. The highest BCUT2D eigenvalue weighted by atomic mass is 28.4. The molecule has 4 rings (SSSR count). The average Bonchev–Trinajstić information content (AvgIpc) is 3.42. The fourth-order valence-corrected chi connectivity index (χ4v) is 8.09. The number of hydrogen-bond acceptors (Lipinski definition) is 4. The summed E-state index contributed by atoms with van der Waals surface area (Å²) in [5, 5.41) is 18.5. The third-order valence-electron chi connectivity index (χ3n) is 7.20. The Hall–Kier alpha value is -2.35. The minimum atomic E-state index is -2.90. The van der Waals surface area contributed by atoms with Crippen LogP contribution < -0.4 is 0 Å². The first kappa shape index (κ1) is 24.8. The van der Waals surface area contributed by atoms with Gasteiger partial charge in [-0.1, -0.05) is 72.8 Å². The van der Waals surface area contributed by atoms with Crippen LogP contribution in [0.1, 0.15) is 42.5 Å². The first-order chi connectivity index (χ1) is 16.4. The minimum Gasteiger partial charge on any atom is -0.395 e. The summed E-state index contributed by atoms with van der Waals surface area (Å²) in [6, 6.07) is 20.3. The number of rotatable bonds is 10. The zero-order valence-electron chi connectivity index (χ0n) is 20.3. The van der Waals surface area contributed by atoms with Crippen LogP contribution in [0.25, 0.3) is 0 Å². The van der Waals surface area contributed by atoms with Crippen LogP contribution in [0.4, 0.5) is 4.11 Å². The molecule has 2 aromatic carbocycles. The standard InChI is InChI=1S/C27H36FN3O2Si/c1-20-25(15-14-21-10-6-4-7-11-21)33-26(27(20)34(2,3)28)16-17-31-18-24(29-30-31)23(19-32)22-12-8-5-9-13-22/h4-13,18,20,23,25-27,32H,14-17,19H2,1-3H3/t20-,23?,25+,26-,27+/m0/s1. The molecule has 0 radical (unpaired) electrons. The van der Waals surface area contributed by atoms with Crippen LogP contribution in [0.5, 0.6) is 0 Å². The zero-order valence-corrected chi connectivity index (χ0v) is 21.3. The van der Waals surface area contributed by atoms with Gasteiger partial charge in [0.25, 0.3) is 0 Å². The number of nitrogens with zero attached hydrogens (tertiary/aromatic N) is 3. The molecule has 0 saturated carbocycles. The maximum Gasteiger partial charge on any atom is 0.246 e. The van der Waals surface area contributed by atoms with Crippen LogP contribution in [-0.2, 0) is 17.7 Å². The Labute approximate surface area is 203 Å². The smallest absolute Gasteiger partial charge is 0.246 e. The van der Waals surface area contributed by atoms with Gasteiger partial charge in [-0.15, -0.1) is 5.10 Å². The second kappa shape index (κ2) is 10.9. The Morgan fingerprint density at radius 3 is 2.35 bits per heavy atom. The van der Waals surface area contributed by atoms with E-state index in [1.54, 1.807) is 4.68 Å². The molecule has 0 bridgehead atoms. The topological polar surface area (TPSA) is 60.2 Å². The van der Waals surface area contributed by atoms with Gasteiger partial charge in [-0.2, -0.15) is 0 Å². The largest absolute Gasteiger partial charge is 0.395 e. The van der Waals surface area contributed by atoms with E-state index >= 15 is 4.11 Å². The monoisotopic (exact) mass is 481 g/mol. The molecule has 1 aromatic heterocycles. The van der Waals surface area contributed by atoms with Gasteiger partial charge in [0.2, 0.25) is 8.41 Å². The molecule has 0 spiro atoms. The molecule has 1 N–H and O–H groups in total. The normalized spacial score (nSPS) is 23.8. The van der Waals surface area contributed by atoms with E-state index in [-0.39, 0.29) is 36.2 Å². The SMILES string of the molecule is C[C@@H]1[C@@H]([Si](C)(C)F)[C@H](CCn2cc(C(CO)c3ccccc3)nn2)O[C@@H]1CCc1ccccc1. The molecule has 182 valence electrons.